The molecular formula is C14H24N2O3S. The molecule has 0 bridgehead atoms. The number of hydrogen-bond donors (Lipinski definition) is 1. The zero-order chi connectivity index (χ0) is 14.6. The van der Waals surface area contributed by atoms with Crippen LogP contribution in [0.2, 0.25) is 0 Å². The predicted octanol–water partition coefficient (Wildman–Crippen LogP) is 1.27. The average molecular weight is 300 g/mol. The third-order valence-corrected chi connectivity index (χ3v) is 4.80. The molecule has 1 aliphatic carbocycles. The van der Waals surface area contributed by atoms with E-state index in [0.29, 0.717) is 6.54 Å². The lowest BCUT2D eigenvalue weighted by Gasteiger charge is -2.38. The van der Waals surface area contributed by atoms with E-state index in [0.717, 1.165) is 51.3 Å². The summed E-state index contributed by atoms with van der Waals surface area (Å²) in [6.45, 7) is 1.10. The summed E-state index contributed by atoms with van der Waals surface area (Å²) in [7, 11) is -3.20. The monoisotopic (exact) mass is 300 g/mol. The molecule has 0 aromatic heterocycles. The van der Waals surface area contributed by atoms with Crippen LogP contribution in [-0.2, 0) is 14.8 Å². The Bertz CT molecular complexity index is 473. The summed E-state index contributed by atoms with van der Waals surface area (Å²) in [4.78, 5) is 14.5. The summed E-state index contributed by atoms with van der Waals surface area (Å²) in [6, 6.07) is 0.0110. The number of carbonyl (C=O) groups excluding carboxylic acids is 1. The summed E-state index contributed by atoms with van der Waals surface area (Å²) in [5.74, 6) is 0.285. The predicted molar refractivity (Wildman–Crippen MR) is 78.7 cm³/mol. The molecule has 1 fully saturated rings. The van der Waals surface area contributed by atoms with Crippen molar-refractivity contribution in [1.82, 2.24) is 9.62 Å². The number of piperidine rings is 1. The first-order valence-electron chi connectivity index (χ1n) is 7.37. The number of amides is 1. The van der Waals surface area contributed by atoms with Crippen LogP contribution in [0.5, 0.6) is 0 Å². The molecule has 1 saturated heterocycles. The average Bonchev–Trinajstić information content (AvgIpc) is 2.45. The van der Waals surface area contributed by atoms with Crippen molar-refractivity contribution < 1.29 is 13.2 Å². The molecule has 0 radical (unpaired) electrons. The highest BCUT2D eigenvalue weighted by Gasteiger charge is 2.31. The summed E-state index contributed by atoms with van der Waals surface area (Å²) in [6.07, 6.45) is 11.0. The fourth-order valence-corrected chi connectivity index (χ4v) is 3.50. The van der Waals surface area contributed by atoms with Gasteiger partial charge in [-0.3, -0.25) is 4.79 Å². The van der Waals surface area contributed by atoms with Crippen LogP contribution in [0.1, 0.15) is 38.5 Å². The molecular weight excluding hydrogens is 276 g/mol. The first kappa shape index (κ1) is 15.5. The number of carbonyl (C=O) groups is 1. The van der Waals surface area contributed by atoms with E-state index in [1.54, 1.807) is 0 Å². The maximum atomic E-state index is 12.6. The SMILES string of the molecule is CS(=O)(=O)NCC1CCCCN1C(=O)C1CC=CCC1. The van der Waals surface area contributed by atoms with Crippen LogP contribution < -0.4 is 4.72 Å². The van der Waals surface area contributed by atoms with Gasteiger partial charge < -0.3 is 4.90 Å². The molecule has 0 aromatic carbocycles. The van der Waals surface area contributed by atoms with Crippen LogP contribution in [0, 0.1) is 5.92 Å². The highest BCUT2D eigenvalue weighted by atomic mass is 32.2. The van der Waals surface area contributed by atoms with Crippen LogP contribution in [0.25, 0.3) is 0 Å². The Hall–Kier alpha value is -0.880. The normalized spacial score (nSPS) is 27.6. The van der Waals surface area contributed by atoms with Crippen molar-refractivity contribution in [1.29, 1.82) is 0 Å². The second-order valence-electron chi connectivity index (χ2n) is 5.78. The Kier molecular flexibility index (Phi) is 5.21. The van der Waals surface area contributed by atoms with E-state index in [1.807, 2.05) is 4.90 Å². The van der Waals surface area contributed by atoms with Gasteiger partial charge >= 0.3 is 0 Å². The topological polar surface area (TPSA) is 66.5 Å². The summed E-state index contributed by atoms with van der Waals surface area (Å²) in [5.41, 5.74) is 0. The standard InChI is InChI=1S/C14H24N2O3S/c1-20(18,19)15-11-13-9-5-6-10-16(13)14(17)12-7-3-2-4-8-12/h2-3,12-13,15H,4-11H2,1H3. The Balaban J connectivity index is 1.98. The van der Waals surface area contributed by atoms with Gasteiger partial charge in [-0.1, -0.05) is 12.2 Å². The zero-order valence-electron chi connectivity index (χ0n) is 12.0. The Morgan fingerprint density at radius 1 is 1.30 bits per heavy atom. The minimum Gasteiger partial charge on any atom is -0.338 e. The second kappa shape index (κ2) is 6.72. The van der Waals surface area contributed by atoms with Crippen molar-refractivity contribution in [3.8, 4) is 0 Å². The number of nitrogens with one attached hydrogen (secondary N) is 1. The minimum absolute atomic E-state index is 0.0110. The highest BCUT2D eigenvalue weighted by molar-refractivity contribution is 7.88. The van der Waals surface area contributed by atoms with Crippen molar-refractivity contribution >= 4 is 15.9 Å². The van der Waals surface area contributed by atoms with Gasteiger partial charge in [-0.15, -0.1) is 0 Å². The van der Waals surface area contributed by atoms with Gasteiger partial charge in [-0.2, -0.15) is 0 Å². The lowest BCUT2D eigenvalue weighted by atomic mass is 9.91. The third-order valence-electron chi connectivity index (χ3n) is 4.11. The van der Waals surface area contributed by atoms with Gasteiger partial charge in [0.15, 0.2) is 0 Å². The number of nitrogens with zero attached hydrogens (tertiary/aromatic N) is 1. The number of rotatable bonds is 4. The van der Waals surface area contributed by atoms with Gasteiger partial charge in [-0.05, 0) is 38.5 Å². The van der Waals surface area contributed by atoms with Gasteiger partial charge in [0.2, 0.25) is 15.9 Å². The highest BCUT2D eigenvalue weighted by Crippen LogP contribution is 2.25. The number of allylic oxidation sites excluding steroid dienone is 2. The molecule has 6 heteroatoms. The molecule has 0 aromatic rings. The Morgan fingerprint density at radius 3 is 2.75 bits per heavy atom. The van der Waals surface area contributed by atoms with E-state index in [9.17, 15) is 13.2 Å². The van der Waals surface area contributed by atoms with Crippen LogP contribution in [0.4, 0.5) is 0 Å². The Labute approximate surface area is 121 Å². The summed E-state index contributed by atoms with van der Waals surface area (Å²) < 4.78 is 25.0. The summed E-state index contributed by atoms with van der Waals surface area (Å²) in [5, 5.41) is 0. The van der Waals surface area contributed by atoms with Crippen molar-refractivity contribution in [2.75, 3.05) is 19.3 Å². The smallest absolute Gasteiger partial charge is 0.226 e. The van der Waals surface area contributed by atoms with Crippen molar-refractivity contribution in [2.24, 2.45) is 5.92 Å². The molecule has 2 rings (SSSR count). The van der Waals surface area contributed by atoms with Gasteiger partial charge in [0.25, 0.3) is 0 Å². The van der Waals surface area contributed by atoms with Gasteiger partial charge in [0.05, 0.1) is 6.26 Å². The fraction of sp³-hybridized carbons (Fsp3) is 0.786. The molecule has 0 saturated carbocycles. The molecule has 2 aliphatic rings. The first-order valence-corrected chi connectivity index (χ1v) is 9.26. The van der Waals surface area contributed by atoms with Crippen LogP contribution in [0.3, 0.4) is 0 Å². The fourth-order valence-electron chi connectivity index (χ4n) is 3.00. The number of likely N-dealkylation sites (tertiary alicyclic amines) is 1. The molecule has 20 heavy (non-hydrogen) atoms. The molecule has 1 heterocycles. The van der Waals surface area contributed by atoms with Gasteiger partial charge in [0.1, 0.15) is 0 Å². The van der Waals surface area contributed by atoms with E-state index < -0.39 is 10.0 Å². The molecule has 2 atom stereocenters. The second-order valence-corrected chi connectivity index (χ2v) is 7.62. The first-order chi connectivity index (χ1) is 9.47. The number of sulfonamides is 1. The molecule has 1 aliphatic heterocycles. The lowest BCUT2D eigenvalue weighted by molar-refractivity contribution is -0.139. The Morgan fingerprint density at radius 2 is 2.10 bits per heavy atom. The molecule has 2 unspecified atom stereocenters. The molecule has 1 amide bonds. The van der Waals surface area contributed by atoms with E-state index in [-0.39, 0.29) is 17.9 Å². The van der Waals surface area contributed by atoms with Crippen molar-refractivity contribution in [3.63, 3.8) is 0 Å². The van der Waals surface area contributed by atoms with E-state index in [1.165, 1.54) is 0 Å². The van der Waals surface area contributed by atoms with E-state index in [4.69, 9.17) is 0 Å². The maximum Gasteiger partial charge on any atom is 0.226 e. The molecule has 114 valence electrons. The van der Waals surface area contributed by atoms with Gasteiger partial charge in [0, 0.05) is 25.0 Å². The lowest BCUT2D eigenvalue weighted by Crippen LogP contribution is -2.51. The van der Waals surface area contributed by atoms with E-state index in [2.05, 4.69) is 16.9 Å². The van der Waals surface area contributed by atoms with Gasteiger partial charge in [-0.25, -0.2) is 13.1 Å². The van der Waals surface area contributed by atoms with E-state index >= 15 is 0 Å². The van der Waals surface area contributed by atoms with Crippen LogP contribution in [-0.4, -0.2) is 44.6 Å². The minimum atomic E-state index is -3.20. The van der Waals surface area contributed by atoms with Crippen molar-refractivity contribution in [3.05, 3.63) is 12.2 Å². The van der Waals surface area contributed by atoms with Crippen LogP contribution >= 0.6 is 0 Å². The molecule has 5 nitrogen and oxygen atoms in total. The maximum absolute atomic E-state index is 12.6. The van der Waals surface area contributed by atoms with Crippen molar-refractivity contribution in [2.45, 2.75) is 44.6 Å². The summed E-state index contributed by atoms with van der Waals surface area (Å²) >= 11 is 0. The quantitative estimate of drug-likeness (QED) is 0.795. The van der Waals surface area contributed by atoms with Crippen LogP contribution in [0.15, 0.2) is 12.2 Å². The number of hydrogen-bond acceptors (Lipinski definition) is 3. The largest absolute Gasteiger partial charge is 0.338 e. The molecule has 0 spiro atoms. The molecule has 1 N–H and O–H groups in total. The third kappa shape index (κ3) is 4.31. The zero-order valence-corrected chi connectivity index (χ0v) is 12.9.